The number of rotatable bonds is 4. The molecule has 2 amide bonds. The zero-order chi connectivity index (χ0) is 14.9. The van der Waals surface area contributed by atoms with E-state index >= 15 is 0 Å². The fourth-order valence-electron chi connectivity index (χ4n) is 1.75. The van der Waals surface area contributed by atoms with E-state index in [-0.39, 0.29) is 22.9 Å². The second-order valence-electron chi connectivity index (χ2n) is 4.14. The Morgan fingerprint density at radius 2 is 2.10 bits per heavy atom. The number of nitrogens with two attached hydrogens (primary N) is 2. The smallest absolute Gasteiger partial charge is 0.274 e. The van der Waals surface area contributed by atoms with E-state index < -0.39 is 11.8 Å². The minimum Gasteiger partial charge on any atom is -0.382 e. The van der Waals surface area contributed by atoms with Gasteiger partial charge < -0.3 is 16.8 Å². The lowest BCUT2D eigenvalue weighted by Crippen LogP contribution is -2.19. The Morgan fingerprint density at radius 3 is 2.60 bits per heavy atom. The third kappa shape index (κ3) is 2.46. The van der Waals surface area contributed by atoms with Gasteiger partial charge in [-0.25, -0.2) is 0 Å². The Labute approximate surface area is 114 Å². The van der Waals surface area contributed by atoms with Gasteiger partial charge in [-0.2, -0.15) is 10.2 Å². The Kier molecular flexibility index (Phi) is 3.42. The zero-order valence-corrected chi connectivity index (χ0v) is 11.1. The maximum absolute atomic E-state index is 12.1. The quantitative estimate of drug-likeness (QED) is 0.697. The van der Waals surface area contributed by atoms with Gasteiger partial charge in [-0.1, -0.05) is 0 Å². The monoisotopic (exact) mass is 277 g/mol. The molecule has 0 saturated heterocycles. The van der Waals surface area contributed by atoms with E-state index in [4.69, 9.17) is 11.5 Å². The van der Waals surface area contributed by atoms with Gasteiger partial charge >= 0.3 is 0 Å². The van der Waals surface area contributed by atoms with Crippen molar-refractivity contribution in [1.82, 2.24) is 19.6 Å². The average molecular weight is 277 g/mol. The number of amides is 2. The molecule has 0 bridgehead atoms. The van der Waals surface area contributed by atoms with Crippen LogP contribution in [0, 0.1) is 0 Å². The number of carbonyl (C=O) groups excluding carboxylic acids is 2. The molecule has 5 N–H and O–H groups in total. The van der Waals surface area contributed by atoms with E-state index in [0.29, 0.717) is 6.54 Å². The number of nitrogen functional groups attached to an aromatic ring is 1. The molecule has 9 heteroatoms. The number of aromatic nitrogens is 4. The highest BCUT2D eigenvalue weighted by atomic mass is 16.2. The van der Waals surface area contributed by atoms with Crippen molar-refractivity contribution >= 4 is 23.3 Å². The molecular weight excluding hydrogens is 262 g/mol. The minimum absolute atomic E-state index is 0.00957. The third-order valence-corrected chi connectivity index (χ3v) is 2.70. The van der Waals surface area contributed by atoms with Gasteiger partial charge in [-0.05, 0) is 6.92 Å². The average Bonchev–Trinajstić information content (AvgIpc) is 2.92. The molecule has 2 heterocycles. The topological polar surface area (TPSA) is 134 Å². The van der Waals surface area contributed by atoms with Gasteiger partial charge in [0, 0.05) is 25.9 Å². The summed E-state index contributed by atoms with van der Waals surface area (Å²) in [6.45, 7) is 2.40. The summed E-state index contributed by atoms with van der Waals surface area (Å²) in [4.78, 5) is 23.4. The standard InChI is InChI=1S/C11H15N7O2/c1-3-18-5-6(9(16-18)10(13)19)14-11(20)7-4-8(12)15-17(7)2/h4-5H,3H2,1-2H3,(H2,12,15)(H2,13,19)(H,14,20). The molecule has 106 valence electrons. The van der Waals surface area contributed by atoms with Crippen LogP contribution in [-0.2, 0) is 13.6 Å². The fraction of sp³-hybridized carbons (Fsp3) is 0.273. The molecule has 0 spiro atoms. The van der Waals surface area contributed by atoms with Crippen molar-refractivity contribution in [2.45, 2.75) is 13.5 Å². The van der Waals surface area contributed by atoms with Crippen LogP contribution in [0.4, 0.5) is 11.5 Å². The Bertz CT molecular complexity index is 670. The molecule has 2 aromatic heterocycles. The fourth-order valence-corrected chi connectivity index (χ4v) is 1.75. The summed E-state index contributed by atoms with van der Waals surface area (Å²) in [6, 6.07) is 1.43. The van der Waals surface area contributed by atoms with Crippen LogP contribution in [0.2, 0.25) is 0 Å². The number of anilines is 2. The van der Waals surface area contributed by atoms with Crippen molar-refractivity contribution in [2.75, 3.05) is 11.1 Å². The van der Waals surface area contributed by atoms with Crippen molar-refractivity contribution in [3.8, 4) is 0 Å². The van der Waals surface area contributed by atoms with Crippen LogP contribution in [0.3, 0.4) is 0 Å². The number of primary amides is 1. The maximum Gasteiger partial charge on any atom is 0.274 e. The lowest BCUT2D eigenvalue weighted by Gasteiger charge is -2.03. The highest BCUT2D eigenvalue weighted by molar-refractivity contribution is 6.07. The molecular formula is C11H15N7O2. The van der Waals surface area contributed by atoms with E-state index in [1.54, 1.807) is 7.05 Å². The van der Waals surface area contributed by atoms with Crippen LogP contribution in [0.25, 0.3) is 0 Å². The van der Waals surface area contributed by atoms with Gasteiger partial charge in [0.15, 0.2) is 5.69 Å². The highest BCUT2D eigenvalue weighted by Crippen LogP contribution is 2.15. The van der Waals surface area contributed by atoms with E-state index in [2.05, 4.69) is 15.5 Å². The molecule has 0 aliphatic rings. The Balaban J connectivity index is 2.30. The van der Waals surface area contributed by atoms with Crippen molar-refractivity contribution in [1.29, 1.82) is 0 Å². The van der Waals surface area contributed by atoms with Gasteiger partial charge in [0.25, 0.3) is 11.8 Å². The molecule has 0 aliphatic heterocycles. The molecule has 0 aliphatic carbocycles. The number of aryl methyl sites for hydroxylation is 2. The first-order valence-corrected chi connectivity index (χ1v) is 5.90. The van der Waals surface area contributed by atoms with Crippen molar-refractivity contribution < 1.29 is 9.59 Å². The van der Waals surface area contributed by atoms with Crippen LogP contribution in [0.15, 0.2) is 12.3 Å². The summed E-state index contributed by atoms with van der Waals surface area (Å²) < 4.78 is 2.85. The van der Waals surface area contributed by atoms with Crippen LogP contribution in [-0.4, -0.2) is 31.4 Å². The summed E-state index contributed by atoms with van der Waals surface area (Å²) in [5, 5.41) is 10.4. The second-order valence-corrected chi connectivity index (χ2v) is 4.14. The van der Waals surface area contributed by atoms with E-state index in [0.717, 1.165) is 0 Å². The zero-order valence-electron chi connectivity index (χ0n) is 11.1. The molecule has 0 unspecified atom stereocenters. The predicted octanol–water partition coefficient (Wildman–Crippen LogP) is -0.430. The molecule has 2 aromatic rings. The largest absolute Gasteiger partial charge is 0.382 e. The predicted molar refractivity (Wildman–Crippen MR) is 72.0 cm³/mol. The number of hydrogen-bond donors (Lipinski definition) is 3. The number of hydrogen-bond acceptors (Lipinski definition) is 5. The van der Waals surface area contributed by atoms with Crippen LogP contribution in [0.5, 0.6) is 0 Å². The molecule has 0 aromatic carbocycles. The normalized spacial score (nSPS) is 10.5. The number of carbonyl (C=O) groups is 2. The maximum atomic E-state index is 12.1. The van der Waals surface area contributed by atoms with Crippen molar-refractivity contribution in [2.24, 2.45) is 12.8 Å². The second kappa shape index (κ2) is 5.03. The van der Waals surface area contributed by atoms with Crippen LogP contribution >= 0.6 is 0 Å². The van der Waals surface area contributed by atoms with Crippen LogP contribution < -0.4 is 16.8 Å². The summed E-state index contributed by atoms with van der Waals surface area (Å²) in [5.74, 6) is -0.927. The molecule has 0 radical (unpaired) electrons. The van der Waals surface area contributed by atoms with Crippen LogP contribution in [0.1, 0.15) is 27.9 Å². The van der Waals surface area contributed by atoms with Crippen molar-refractivity contribution in [3.63, 3.8) is 0 Å². The van der Waals surface area contributed by atoms with E-state index in [9.17, 15) is 9.59 Å². The third-order valence-electron chi connectivity index (χ3n) is 2.70. The number of nitrogens with zero attached hydrogens (tertiary/aromatic N) is 4. The minimum atomic E-state index is -0.711. The molecule has 2 rings (SSSR count). The first-order chi connectivity index (χ1) is 9.42. The first kappa shape index (κ1) is 13.6. The van der Waals surface area contributed by atoms with Gasteiger partial charge in [-0.15, -0.1) is 0 Å². The number of nitrogens with one attached hydrogen (secondary N) is 1. The van der Waals surface area contributed by atoms with Gasteiger partial charge in [-0.3, -0.25) is 19.0 Å². The summed E-state index contributed by atoms with van der Waals surface area (Å²) >= 11 is 0. The van der Waals surface area contributed by atoms with Gasteiger partial charge in [0.2, 0.25) is 0 Å². The van der Waals surface area contributed by atoms with E-state index in [1.807, 2.05) is 6.92 Å². The molecule has 20 heavy (non-hydrogen) atoms. The van der Waals surface area contributed by atoms with Gasteiger partial charge in [0.05, 0.1) is 5.69 Å². The Morgan fingerprint density at radius 1 is 1.40 bits per heavy atom. The van der Waals surface area contributed by atoms with Crippen molar-refractivity contribution in [3.05, 3.63) is 23.7 Å². The molecule has 9 nitrogen and oxygen atoms in total. The molecule has 0 saturated carbocycles. The first-order valence-electron chi connectivity index (χ1n) is 5.90. The Hall–Kier alpha value is -2.84. The highest BCUT2D eigenvalue weighted by Gasteiger charge is 2.18. The summed E-state index contributed by atoms with van der Waals surface area (Å²) in [6.07, 6.45) is 1.54. The SMILES string of the molecule is CCn1cc(NC(=O)c2cc(N)nn2C)c(C(N)=O)n1. The molecule has 0 atom stereocenters. The summed E-state index contributed by atoms with van der Waals surface area (Å²) in [7, 11) is 1.59. The lowest BCUT2D eigenvalue weighted by molar-refractivity contribution is 0.0995. The lowest BCUT2D eigenvalue weighted by atomic mass is 10.3. The molecule has 0 fully saturated rings. The van der Waals surface area contributed by atoms with E-state index in [1.165, 1.54) is 21.6 Å². The van der Waals surface area contributed by atoms with Gasteiger partial charge in [0.1, 0.15) is 11.5 Å². The summed E-state index contributed by atoms with van der Waals surface area (Å²) in [5.41, 5.74) is 11.3.